The van der Waals surface area contributed by atoms with E-state index < -0.39 is 0 Å². The van der Waals surface area contributed by atoms with Gasteiger partial charge in [0.25, 0.3) is 0 Å². The van der Waals surface area contributed by atoms with Gasteiger partial charge in [0.2, 0.25) is 0 Å². The lowest BCUT2D eigenvalue weighted by Crippen LogP contribution is -2.23. The molecule has 1 atom stereocenters. The first-order chi connectivity index (χ1) is 10.1. The minimum absolute atomic E-state index is 0.263. The predicted octanol–water partition coefficient (Wildman–Crippen LogP) is 5.66. The molecule has 2 aromatic rings. The van der Waals surface area contributed by atoms with Gasteiger partial charge in [-0.05, 0) is 47.7 Å². The molecule has 0 radical (unpaired) electrons. The number of rotatable bonds is 6. The average Bonchev–Trinajstić information content (AvgIpc) is 2.50. The maximum Gasteiger partial charge on any atom is 0.0576 e. The van der Waals surface area contributed by atoms with Crippen molar-refractivity contribution in [2.45, 2.75) is 39.2 Å². The second-order valence-electron chi connectivity index (χ2n) is 5.76. The molecule has 2 aromatic carbocycles. The Labute approximate surface area is 136 Å². The fourth-order valence-corrected chi connectivity index (χ4v) is 2.71. The van der Waals surface area contributed by atoms with Crippen LogP contribution in [0.1, 0.15) is 55.8 Å². The Hall–Kier alpha value is -1.12. The largest absolute Gasteiger partial charge is 0.306 e. The normalized spacial score (nSPS) is 12.6. The van der Waals surface area contributed by atoms with Gasteiger partial charge in [-0.15, -0.1) is 0 Å². The summed E-state index contributed by atoms with van der Waals surface area (Å²) in [7, 11) is 0. The van der Waals surface area contributed by atoms with Gasteiger partial charge in [0.1, 0.15) is 0 Å². The Morgan fingerprint density at radius 3 is 1.81 bits per heavy atom. The smallest absolute Gasteiger partial charge is 0.0576 e. The first kappa shape index (κ1) is 16.3. The first-order valence-electron chi connectivity index (χ1n) is 7.70. The van der Waals surface area contributed by atoms with Crippen molar-refractivity contribution in [2.24, 2.45) is 0 Å². The summed E-state index contributed by atoms with van der Waals surface area (Å²) in [6.07, 6.45) is 1.14. The lowest BCUT2D eigenvalue weighted by Gasteiger charge is -2.20. The minimum Gasteiger partial charge on any atom is -0.306 e. The Balaban J connectivity index is 2.28. The number of halogens is 1. The van der Waals surface area contributed by atoms with Crippen LogP contribution in [-0.4, -0.2) is 6.54 Å². The number of hydrogen-bond acceptors (Lipinski definition) is 1. The molecule has 0 fully saturated rings. The molecule has 1 N–H and O–H groups in total. The number of nitrogens with one attached hydrogen (secondary N) is 1. The molecule has 0 bridgehead atoms. The van der Waals surface area contributed by atoms with Gasteiger partial charge >= 0.3 is 0 Å². The molecule has 0 amide bonds. The molecule has 0 saturated carbocycles. The van der Waals surface area contributed by atoms with Crippen LogP contribution in [0.15, 0.2) is 53.0 Å². The van der Waals surface area contributed by atoms with E-state index >= 15 is 0 Å². The van der Waals surface area contributed by atoms with Crippen molar-refractivity contribution in [1.82, 2.24) is 5.32 Å². The number of hydrogen-bond donors (Lipinski definition) is 1. The standard InChI is InChI=1S/C19H24BrN/c1-4-13-21-19(17-9-11-18(20)12-10-17)16-7-5-15(6-8-16)14(2)3/h5-12,14,19,21H,4,13H2,1-3H3. The minimum atomic E-state index is 0.263. The number of benzene rings is 2. The molecule has 0 aliphatic rings. The van der Waals surface area contributed by atoms with E-state index in [1.54, 1.807) is 0 Å². The fraction of sp³-hybridized carbons (Fsp3) is 0.368. The average molecular weight is 346 g/mol. The third kappa shape index (κ3) is 4.42. The molecule has 0 aliphatic heterocycles. The van der Waals surface area contributed by atoms with Crippen LogP contribution >= 0.6 is 15.9 Å². The maximum absolute atomic E-state index is 3.65. The quantitative estimate of drug-likeness (QED) is 0.711. The van der Waals surface area contributed by atoms with Crippen LogP contribution in [0.5, 0.6) is 0 Å². The van der Waals surface area contributed by atoms with E-state index in [1.165, 1.54) is 16.7 Å². The summed E-state index contributed by atoms with van der Waals surface area (Å²) in [5.74, 6) is 0.578. The maximum atomic E-state index is 3.65. The van der Waals surface area contributed by atoms with Crippen molar-refractivity contribution < 1.29 is 0 Å². The zero-order chi connectivity index (χ0) is 15.2. The second kappa shape index (κ2) is 7.77. The summed E-state index contributed by atoms with van der Waals surface area (Å²) in [4.78, 5) is 0. The highest BCUT2D eigenvalue weighted by molar-refractivity contribution is 9.10. The van der Waals surface area contributed by atoms with Crippen molar-refractivity contribution in [2.75, 3.05) is 6.54 Å². The summed E-state index contributed by atoms with van der Waals surface area (Å²) < 4.78 is 1.12. The van der Waals surface area contributed by atoms with Crippen LogP contribution in [0.3, 0.4) is 0 Å². The summed E-state index contributed by atoms with van der Waals surface area (Å²) in [5, 5.41) is 3.65. The van der Waals surface area contributed by atoms with Crippen molar-refractivity contribution in [1.29, 1.82) is 0 Å². The van der Waals surface area contributed by atoms with Gasteiger partial charge in [0, 0.05) is 4.47 Å². The second-order valence-corrected chi connectivity index (χ2v) is 6.68. The SMILES string of the molecule is CCCNC(c1ccc(Br)cc1)c1ccc(C(C)C)cc1. The van der Waals surface area contributed by atoms with Gasteiger partial charge in [-0.25, -0.2) is 0 Å². The molecule has 2 rings (SSSR count). The Morgan fingerprint density at radius 1 is 0.857 bits per heavy atom. The third-order valence-electron chi connectivity index (χ3n) is 3.74. The zero-order valence-corrected chi connectivity index (χ0v) is 14.7. The van der Waals surface area contributed by atoms with Crippen LogP contribution in [0.25, 0.3) is 0 Å². The predicted molar refractivity (Wildman–Crippen MR) is 94.8 cm³/mol. The summed E-state index contributed by atoms with van der Waals surface area (Å²) in [6, 6.07) is 17.9. The molecule has 0 aromatic heterocycles. The van der Waals surface area contributed by atoms with Crippen LogP contribution < -0.4 is 5.32 Å². The van der Waals surface area contributed by atoms with Crippen molar-refractivity contribution in [3.05, 3.63) is 69.7 Å². The van der Waals surface area contributed by atoms with Gasteiger partial charge in [-0.2, -0.15) is 0 Å². The molecule has 0 heterocycles. The van der Waals surface area contributed by atoms with Gasteiger partial charge in [-0.1, -0.05) is 73.1 Å². The highest BCUT2D eigenvalue weighted by atomic mass is 79.9. The Morgan fingerprint density at radius 2 is 1.33 bits per heavy atom. The summed E-state index contributed by atoms with van der Waals surface area (Å²) >= 11 is 3.51. The molecule has 0 saturated heterocycles. The highest BCUT2D eigenvalue weighted by Gasteiger charge is 2.13. The molecule has 2 heteroatoms. The van der Waals surface area contributed by atoms with Crippen LogP contribution in [0, 0.1) is 0 Å². The van der Waals surface area contributed by atoms with Crippen molar-refractivity contribution >= 4 is 15.9 Å². The highest BCUT2D eigenvalue weighted by Crippen LogP contribution is 2.25. The van der Waals surface area contributed by atoms with Crippen molar-refractivity contribution in [3.63, 3.8) is 0 Å². The Kier molecular flexibility index (Phi) is 6.01. The van der Waals surface area contributed by atoms with Gasteiger partial charge < -0.3 is 5.32 Å². The van der Waals surface area contributed by atoms with E-state index in [2.05, 4.69) is 90.5 Å². The van der Waals surface area contributed by atoms with E-state index in [0.717, 1.165) is 17.4 Å². The van der Waals surface area contributed by atoms with Gasteiger partial charge in [0.05, 0.1) is 6.04 Å². The zero-order valence-electron chi connectivity index (χ0n) is 13.1. The lowest BCUT2D eigenvalue weighted by molar-refractivity contribution is 0.598. The summed E-state index contributed by atoms with van der Waals surface area (Å²) in [6.45, 7) is 7.69. The Bertz CT molecular complexity index is 543. The molecular formula is C19H24BrN. The van der Waals surface area contributed by atoms with E-state index in [9.17, 15) is 0 Å². The molecule has 1 nitrogen and oxygen atoms in total. The van der Waals surface area contributed by atoms with E-state index in [4.69, 9.17) is 0 Å². The lowest BCUT2D eigenvalue weighted by atomic mass is 9.95. The third-order valence-corrected chi connectivity index (χ3v) is 4.27. The van der Waals surface area contributed by atoms with E-state index in [-0.39, 0.29) is 6.04 Å². The molecule has 0 spiro atoms. The molecule has 21 heavy (non-hydrogen) atoms. The van der Waals surface area contributed by atoms with Crippen LogP contribution in [0.4, 0.5) is 0 Å². The van der Waals surface area contributed by atoms with Crippen molar-refractivity contribution in [3.8, 4) is 0 Å². The fourth-order valence-electron chi connectivity index (χ4n) is 2.45. The first-order valence-corrected chi connectivity index (χ1v) is 8.49. The van der Waals surface area contributed by atoms with E-state index in [0.29, 0.717) is 5.92 Å². The van der Waals surface area contributed by atoms with Gasteiger partial charge in [-0.3, -0.25) is 0 Å². The molecule has 112 valence electrons. The molecule has 0 aliphatic carbocycles. The molecule has 1 unspecified atom stereocenters. The topological polar surface area (TPSA) is 12.0 Å². The van der Waals surface area contributed by atoms with E-state index in [1.807, 2.05) is 0 Å². The summed E-state index contributed by atoms with van der Waals surface area (Å²) in [5.41, 5.74) is 4.03. The van der Waals surface area contributed by atoms with Gasteiger partial charge in [0.15, 0.2) is 0 Å². The van der Waals surface area contributed by atoms with Crippen LogP contribution in [-0.2, 0) is 0 Å². The monoisotopic (exact) mass is 345 g/mol. The van der Waals surface area contributed by atoms with Crippen LogP contribution in [0.2, 0.25) is 0 Å². The molecular weight excluding hydrogens is 322 g/mol.